The molecule has 0 aliphatic heterocycles. The van der Waals surface area contributed by atoms with Crippen LogP contribution < -0.4 is 0 Å². The molecule has 0 N–H and O–H groups in total. The molecule has 0 aromatic rings. The van der Waals surface area contributed by atoms with Gasteiger partial charge in [0.05, 0.1) is 0 Å². The van der Waals surface area contributed by atoms with Crippen molar-refractivity contribution in [2.45, 2.75) is 17.4 Å². The van der Waals surface area contributed by atoms with Gasteiger partial charge in [-0.2, -0.15) is 0 Å². The van der Waals surface area contributed by atoms with E-state index in [1.54, 1.807) is 0 Å². The Hall–Kier alpha value is 1.64. The molecule has 0 heterocycles. The van der Waals surface area contributed by atoms with E-state index in [0.29, 0.717) is 0 Å². The first-order valence-corrected chi connectivity index (χ1v) is 8.53. The zero-order valence-electron chi connectivity index (χ0n) is 10.9. The van der Waals surface area contributed by atoms with Crippen LogP contribution in [0.15, 0.2) is 0 Å². The monoisotopic (exact) mass is 306 g/mol. The van der Waals surface area contributed by atoms with E-state index < -0.39 is 0 Å². The minimum absolute atomic E-state index is 0. The second-order valence-electron chi connectivity index (χ2n) is 3.66. The predicted molar refractivity (Wildman–Crippen MR) is 72.8 cm³/mol. The Labute approximate surface area is 135 Å². The van der Waals surface area contributed by atoms with Crippen LogP contribution in [0, 0.1) is 71.6 Å². The summed E-state index contributed by atoms with van der Waals surface area (Å²) in [5.74, 6) is 6.92. The van der Waals surface area contributed by atoms with Gasteiger partial charge in [-0.05, 0) is 64.2 Å². The van der Waals surface area contributed by atoms with Crippen LogP contribution in [0.1, 0.15) is 0 Å². The van der Waals surface area contributed by atoms with Crippen LogP contribution in [0.3, 0.4) is 0 Å². The Bertz CT molecular complexity index is 68.9. The molecule has 16 heavy (non-hydrogen) atoms. The SMILES string of the molecule is [CH3-].[CH3][Al]([CH3])[CH3].[CH]1[CH][CH][CH][CH]1.[CH]1[CH][CH][CH][CH]1.[Y]. The summed E-state index contributed by atoms with van der Waals surface area (Å²) in [7, 11) is 0. The maximum Gasteiger partial charge on any atom is 0.251 e. The third kappa shape index (κ3) is 24.7. The number of hydrogen-bond donors (Lipinski definition) is 0. The smallest absolute Gasteiger partial charge is 0.251 e. The molecule has 2 aliphatic rings. The maximum absolute atomic E-state index is 2.31. The molecule has 0 nitrogen and oxygen atoms in total. The molecule has 2 heteroatoms. The molecule has 0 aromatic carbocycles. The Kier molecular flexibility index (Phi) is 27.0. The van der Waals surface area contributed by atoms with E-state index in [0.717, 1.165) is 0 Å². The molecule has 2 rings (SSSR count). The van der Waals surface area contributed by atoms with Crippen molar-refractivity contribution in [3.8, 4) is 0 Å². The van der Waals surface area contributed by atoms with Gasteiger partial charge < -0.3 is 7.43 Å². The molecule has 0 bridgehead atoms. The van der Waals surface area contributed by atoms with E-state index in [2.05, 4.69) is 17.4 Å². The molecule has 0 unspecified atom stereocenters. The van der Waals surface area contributed by atoms with Gasteiger partial charge in [0, 0.05) is 32.7 Å². The van der Waals surface area contributed by atoms with Crippen LogP contribution in [0.25, 0.3) is 0 Å². The average molecular weight is 306 g/mol. The summed E-state index contributed by atoms with van der Waals surface area (Å²) in [6.07, 6.45) is 20.0. The summed E-state index contributed by atoms with van der Waals surface area (Å²) in [5.41, 5.74) is 0. The van der Waals surface area contributed by atoms with Crippen molar-refractivity contribution in [2.24, 2.45) is 0 Å². The largest absolute Gasteiger partial charge is 0.358 e. The molecular formula is C14H22AlY-. The first kappa shape index (κ1) is 22.8. The Morgan fingerprint density at radius 2 is 0.562 bits per heavy atom. The summed E-state index contributed by atoms with van der Waals surface area (Å²) >= 11 is -0.139. The molecular weight excluding hydrogens is 284 g/mol. The summed E-state index contributed by atoms with van der Waals surface area (Å²) in [5, 5.41) is 0. The average Bonchev–Trinajstić information content (AvgIpc) is 2.83. The quantitative estimate of drug-likeness (QED) is 0.471. The fourth-order valence-electron chi connectivity index (χ4n) is 0.642. The van der Waals surface area contributed by atoms with Gasteiger partial charge >= 0.3 is 0 Å². The summed E-state index contributed by atoms with van der Waals surface area (Å²) in [6, 6.07) is 0. The van der Waals surface area contributed by atoms with E-state index >= 15 is 0 Å². The van der Waals surface area contributed by atoms with E-state index in [1.165, 1.54) is 0 Å². The molecule has 2 aliphatic carbocycles. The van der Waals surface area contributed by atoms with Crippen LogP contribution in [0.5, 0.6) is 0 Å². The van der Waals surface area contributed by atoms with Gasteiger partial charge in [0.2, 0.25) is 0 Å². The number of hydrogen-bond acceptors (Lipinski definition) is 0. The fourth-order valence-corrected chi connectivity index (χ4v) is 0.642. The Morgan fingerprint density at radius 1 is 0.500 bits per heavy atom. The molecule has 0 aromatic heterocycles. The summed E-state index contributed by atoms with van der Waals surface area (Å²) in [6.45, 7) is 0. The van der Waals surface area contributed by atoms with Crippen LogP contribution in [0.2, 0.25) is 17.4 Å². The second-order valence-corrected chi connectivity index (χ2v) is 7.12. The molecule has 0 amide bonds. The van der Waals surface area contributed by atoms with E-state index in [1.807, 2.05) is 64.2 Å². The van der Waals surface area contributed by atoms with Gasteiger partial charge in [0.25, 0.3) is 14.1 Å². The number of rotatable bonds is 0. The van der Waals surface area contributed by atoms with Gasteiger partial charge in [0.15, 0.2) is 0 Å². The predicted octanol–water partition coefficient (Wildman–Crippen LogP) is 3.86. The normalized spacial score (nSPS) is 16.7. The van der Waals surface area contributed by atoms with Gasteiger partial charge in [-0.25, -0.2) is 0 Å². The Balaban J connectivity index is -0.000000151. The van der Waals surface area contributed by atoms with Crippen molar-refractivity contribution in [3.63, 3.8) is 0 Å². The van der Waals surface area contributed by atoms with E-state index in [-0.39, 0.29) is 54.3 Å². The molecule has 11 radical (unpaired) electrons. The molecule has 2 fully saturated rings. The molecule has 85 valence electrons. The van der Waals surface area contributed by atoms with Gasteiger partial charge in [-0.15, -0.1) is 17.4 Å². The first-order chi connectivity index (χ1) is 6.73. The van der Waals surface area contributed by atoms with Gasteiger partial charge in [0.1, 0.15) is 0 Å². The zero-order valence-corrected chi connectivity index (χ0v) is 14.9. The van der Waals surface area contributed by atoms with Crippen molar-refractivity contribution < 1.29 is 32.7 Å². The summed E-state index contributed by atoms with van der Waals surface area (Å²) < 4.78 is 0. The van der Waals surface area contributed by atoms with Crippen LogP contribution in [-0.2, 0) is 32.7 Å². The van der Waals surface area contributed by atoms with Gasteiger partial charge in [-0.3, -0.25) is 0 Å². The Morgan fingerprint density at radius 3 is 0.625 bits per heavy atom. The molecule has 0 atom stereocenters. The standard InChI is InChI=1S/2C5H5.4CH3.Al.Y/c2*1-2-4-5-3-1;;;;;;/h2*1-5H;4*1H3;;/q;;;;;-1;;. The van der Waals surface area contributed by atoms with Crippen LogP contribution >= 0.6 is 0 Å². The minimum Gasteiger partial charge on any atom is -0.358 e. The van der Waals surface area contributed by atoms with Crippen molar-refractivity contribution >= 4 is 14.1 Å². The fraction of sp³-hybridized carbons (Fsp3) is 0.214. The molecule has 2 saturated carbocycles. The zero-order chi connectivity index (χ0) is 10.6. The van der Waals surface area contributed by atoms with Crippen LogP contribution in [-0.4, -0.2) is 14.1 Å². The maximum atomic E-state index is 2.31. The van der Waals surface area contributed by atoms with Crippen molar-refractivity contribution in [1.82, 2.24) is 0 Å². The van der Waals surface area contributed by atoms with Crippen LogP contribution in [0.4, 0.5) is 0 Å². The van der Waals surface area contributed by atoms with Crippen molar-refractivity contribution in [3.05, 3.63) is 71.6 Å². The minimum atomic E-state index is -0.139. The van der Waals surface area contributed by atoms with Gasteiger partial charge in [-0.1, -0.05) is 0 Å². The van der Waals surface area contributed by atoms with E-state index in [9.17, 15) is 0 Å². The second kappa shape index (κ2) is 19.0. The molecule has 0 saturated heterocycles. The topological polar surface area (TPSA) is 0 Å². The third-order valence-corrected chi connectivity index (χ3v) is 1.11. The van der Waals surface area contributed by atoms with E-state index in [4.69, 9.17) is 0 Å². The van der Waals surface area contributed by atoms with Crippen molar-refractivity contribution in [1.29, 1.82) is 0 Å². The third-order valence-electron chi connectivity index (χ3n) is 1.11. The molecule has 0 spiro atoms. The first-order valence-electron chi connectivity index (χ1n) is 5.07. The van der Waals surface area contributed by atoms with Crippen molar-refractivity contribution in [2.75, 3.05) is 0 Å². The summed E-state index contributed by atoms with van der Waals surface area (Å²) in [4.78, 5) is 0.